The third-order valence-corrected chi connectivity index (χ3v) is 10.4. The topological polar surface area (TPSA) is 136 Å². The molecular weight excluding hydrogens is 606 g/mol. The van der Waals surface area contributed by atoms with Gasteiger partial charge in [0, 0.05) is 19.0 Å². The first-order chi connectivity index (χ1) is 23.4. The summed E-state index contributed by atoms with van der Waals surface area (Å²) in [6.07, 6.45) is 5.06. The number of H-pyrrole nitrogens is 2. The number of carbonyl (C=O) groups excluding carboxylic acids is 3. The van der Waals surface area contributed by atoms with E-state index in [0.717, 1.165) is 94.6 Å². The molecule has 3 aliphatic rings. The first kappa shape index (κ1) is 30.2. The Balaban J connectivity index is 1.00. The predicted octanol–water partition coefficient (Wildman–Crippen LogP) is 6.40. The maximum Gasteiger partial charge on any atom is 0.407 e. The fourth-order valence-corrected chi connectivity index (χ4v) is 7.91. The minimum absolute atomic E-state index is 0.0147. The highest BCUT2D eigenvalue weighted by Crippen LogP contribution is 2.41. The van der Waals surface area contributed by atoms with Crippen molar-refractivity contribution in [3.05, 3.63) is 72.3 Å². The molecular formula is C37H39N7O4. The minimum atomic E-state index is -0.586. The second-order valence-corrected chi connectivity index (χ2v) is 13.1. The number of amides is 3. The van der Waals surface area contributed by atoms with Gasteiger partial charge in [0.1, 0.15) is 17.7 Å². The van der Waals surface area contributed by atoms with Crippen LogP contribution in [0.25, 0.3) is 44.3 Å². The van der Waals surface area contributed by atoms with E-state index in [4.69, 9.17) is 14.7 Å². The lowest BCUT2D eigenvalue weighted by Crippen LogP contribution is -2.54. The summed E-state index contributed by atoms with van der Waals surface area (Å²) >= 11 is 0. The molecule has 5 heterocycles. The molecule has 246 valence electrons. The van der Waals surface area contributed by atoms with Crippen LogP contribution in [0.1, 0.15) is 75.6 Å². The van der Waals surface area contributed by atoms with E-state index in [0.29, 0.717) is 12.8 Å². The van der Waals surface area contributed by atoms with E-state index >= 15 is 0 Å². The van der Waals surface area contributed by atoms with Crippen LogP contribution < -0.4 is 5.32 Å². The van der Waals surface area contributed by atoms with E-state index in [1.54, 1.807) is 0 Å². The SMILES string of the molecule is CCC(=O)N1CCC[C@H]1c1nc2ccc(-c3ccc(-c4ccc5nc([C@@H]6CC[C@@H]7CC[C@H](NC(=O)OC)C(=O)N76)[nH]c5c4)cc3)cc2[nH]1. The van der Waals surface area contributed by atoms with Crippen LogP contribution >= 0.6 is 0 Å². The zero-order valence-electron chi connectivity index (χ0n) is 27.2. The van der Waals surface area contributed by atoms with Crippen LogP contribution in [0, 0.1) is 0 Å². The van der Waals surface area contributed by atoms with Gasteiger partial charge in [-0.2, -0.15) is 0 Å². The fraction of sp³-hybridized carbons (Fsp3) is 0.378. The van der Waals surface area contributed by atoms with Gasteiger partial charge in [-0.05, 0) is 85.0 Å². The number of hydrogen-bond acceptors (Lipinski definition) is 6. The van der Waals surface area contributed by atoms with Crippen molar-refractivity contribution in [3.8, 4) is 22.3 Å². The number of piperidine rings is 1. The van der Waals surface area contributed by atoms with Gasteiger partial charge in [-0.25, -0.2) is 14.8 Å². The average Bonchev–Trinajstić information content (AvgIpc) is 3.93. The van der Waals surface area contributed by atoms with Crippen molar-refractivity contribution >= 4 is 40.0 Å². The van der Waals surface area contributed by atoms with E-state index in [1.165, 1.54) is 7.11 Å². The van der Waals surface area contributed by atoms with Crippen LogP contribution in [0.5, 0.6) is 0 Å². The molecule has 2 aromatic heterocycles. The Morgan fingerprint density at radius 1 is 0.812 bits per heavy atom. The second kappa shape index (κ2) is 12.1. The van der Waals surface area contributed by atoms with Crippen LogP contribution in [0.15, 0.2) is 60.7 Å². The van der Waals surface area contributed by atoms with Crippen molar-refractivity contribution in [1.82, 2.24) is 35.1 Å². The Morgan fingerprint density at radius 2 is 1.40 bits per heavy atom. The molecule has 3 saturated heterocycles. The van der Waals surface area contributed by atoms with Gasteiger partial charge in [0.25, 0.3) is 0 Å². The highest BCUT2D eigenvalue weighted by molar-refractivity contribution is 5.88. The Kier molecular flexibility index (Phi) is 7.61. The zero-order chi connectivity index (χ0) is 32.9. The molecule has 3 fully saturated rings. The third kappa shape index (κ3) is 5.27. The number of ether oxygens (including phenoxy) is 1. The summed E-state index contributed by atoms with van der Waals surface area (Å²) in [6.45, 7) is 2.70. The van der Waals surface area contributed by atoms with Gasteiger partial charge in [0.05, 0.1) is 41.3 Å². The number of rotatable bonds is 6. The van der Waals surface area contributed by atoms with Crippen molar-refractivity contribution in [2.45, 2.75) is 76.0 Å². The lowest BCUT2D eigenvalue weighted by atomic mass is 9.98. The van der Waals surface area contributed by atoms with Gasteiger partial charge in [0.2, 0.25) is 11.8 Å². The molecule has 0 unspecified atom stereocenters. The lowest BCUT2D eigenvalue weighted by Gasteiger charge is -2.37. The van der Waals surface area contributed by atoms with Crippen molar-refractivity contribution in [1.29, 1.82) is 0 Å². The lowest BCUT2D eigenvalue weighted by molar-refractivity contribution is -0.139. The number of benzene rings is 3. The van der Waals surface area contributed by atoms with E-state index in [-0.39, 0.29) is 29.9 Å². The predicted molar refractivity (Wildman–Crippen MR) is 182 cm³/mol. The van der Waals surface area contributed by atoms with Gasteiger partial charge in [-0.1, -0.05) is 43.3 Å². The molecule has 3 aromatic carbocycles. The number of hydrogen-bond donors (Lipinski definition) is 3. The summed E-state index contributed by atoms with van der Waals surface area (Å²) in [5.74, 6) is 1.75. The van der Waals surface area contributed by atoms with Gasteiger partial charge in [-0.15, -0.1) is 0 Å². The van der Waals surface area contributed by atoms with E-state index in [2.05, 4.69) is 63.8 Å². The monoisotopic (exact) mass is 645 g/mol. The number of nitrogens with zero attached hydrogens (tertiary/aromatic N) is 4. The molecule has 48 heavy (non-hydrogen) atoms. The number of likely N-dealkylation sites (tertiary alicyclic amines) is 1. The van der Waals surface area contributed by atoms with Crippen molar-refractivity contribution in [2.24, 2.45) is 0 Å². The van der Waals surface area contributed by atoms with Gasteiger partial charge in [0.15, 0.2) is 0 Å². The first-order valence-electron chi connectivity index (χ1n) is 17.0. The highest BCUT2D eigenvalue weighted by atomic mass is 16.5. The van der Waals surface area contributed by atoms with Crippen molar-refractivity contribution in [3.63, 3.8) is 0 Å². The van der Waals surface area contributed by atoms with Crippen molar-refractivity contribution in [2.75, 3.05) is 13.7 Å². The number of imidazole rings is 2. The fourth-order valence-electron chi connectivity index (χ4n) is 7.91. The minimum Gasteiger partial charge on any atom is -0.453 e. The number of methoxy groups -OCH3 is 1. The van der Waals surface area contributed by atoms with Gasteiger partial charge in [-0.3, -0.25) is 9.59 Å². The van der Waals surface area contributed by atoms with E-state index in [9.17, 15) is 14.4 Å². The summed E-state index contributed by atoms with van der Waals surface area (Å²) in [6, 6.07) is 20.5. The maximum atomic E-state index is 13.4. The Bertz CT molecular complexity index is 2030. The summed E-state index contributed by atoms with van der Waals surface area (Å²) < 4.78 is 4.73. The molecule has 0 radical (unpaired) electrons. The molecule has 0 spiro atoms. The van der Waals surface area contributed by atoms with E-state index in [1.807, 2.05) is 28.9 Å². The molecule has 4 atom stereocenters. The average molecular weight is 646 g/mol. The second-order valence-electron chi connectivity index (χ2n) is 13.1. The maximum absolute atomic E-state index is 13.4. The smallest absolute Gasteiger partial charge is 0.407 e. The zero-order valence-corrected chi connectivity index (χ0v) is 27.2. The molecule has 0 aliphatic carbocycles. The normalized spacial score (nSPS) is 22.4. The Hall–Kier alpha value is -5.19. The van der Waals surface area contributed by atoms with Crippen LogP contribution in [-0.2, 0) is 14.3 Å². The number of carbonyl (C=O) groups is 3. The summed E-state index contributed by atoms with van der Waals surface area (Å²) in [5, 5.41) is 2.70. The van der Waals surface area contributed by atoms with Gasteiger partial charge >= 0.3 is 6.09 Å². The summed E-state index contributed by atoms with van der Waals surface area (Å²) in [7, 11) is 1.31. The molecule has 0 saturated carbocycles. The van der Waals surface area contributed by atoms with E-state index < -0.39 is 12.1 Å². The highest BCUT2D eigenvalue weighted by Gasteiger charge is 2.45. The van der Waals surface area contributed by atoms with Gasteiger partial charge < -0.3 is 29.8 Å². The largest absolute Gasteiger partial charge is 0.453 e. The summed E-state index contributed by atoms with van der Waals surface area (Å²) in [5.41, 5.74) is 8.01. The molecule has 0 bridgehead atoms. The third-order valence-electron chi connectivity index (χ3n) is 10.4. The molecule has 5 aromatic rings. The molecule has 3 aliphatic heterocycles. The molecule has 8 rings (SSSR count). The standard InChI is InChI=1S/C37H39N7O4/c1-3-33(45)43-18-4-5-31(43)34-38-26-14-10-23(19-29(26)40-34)21-6-8-22(9-7-21)24-11-15-27-30(20-24)41-35(39-27)32-17-13-25-12-16-28(36(46)44(25)32)42-37(47)48-2/h6-11,14-15,19-20,25,28,31-32H,3-5,12-13,16-18H2,1-2H3,(H,38,40)(H,39,41)(H,42,47)/t25-,28-,31-,32-/m0/s1. The molecule has 11 nitrogen and oxygen atoms in total. The molecule has 3 N–H and O–H groups in total. The van der Waals surface area contributed by atoms with Crippen LogP contribution in [0.2, 0.25) is 0 Å². The van der Waals surface area contributed by atoms with Crippen molar-refractivity contribution < 1.29 is 19.1 Å². The summed E-state index contributed by atoms with van der Waals surface area (Å²) in [4.78, 5) is 58.3. The number of aromatic nitrogens is 4. The Labute approximate surface area is 278 Å². The number of alkyl carbamates (subject to hydrolysis) is 1. The molecule has 11 heteroatoms. The van der Waals surface area contributed by atoms with Crippen LogP contribution in [-0.4, -0.2) is 73.4 Å². The number of aromatic amines is 2. The quantitative estimate of drug-likeness (QED) is 0.196. The van der Waals surface area contributed by atoms with Crippen LogP contribution in [0.3, 0.4) is 0 Å². The number of fused-ring (bicyclic) bond motifs is 3. The first-order valence-corrected chi connectivity index (χ1v) is 17.0. The number of nitrogens with one attached hydrogen (secondary N) is 3. The molecule has 3 amide bonds. The van der Waals surface area contributed by atoms with Crippen LogP contribution in [0.4, 0.5) is 4.79 Å². The Morgan fingerprint density at radius 3 is 2.00 bits per heavy atom.